The molecule has 2 aromatic carbocycles. The second-order valence-electron chi connectivity index (χ2n) is 5.54. The lowest BCUT2D eigenvalue weighted by Gasteiger charge is -2.14. The first-order valence-corrected chi connectivity index (χ1v) is 8.80. The van der Waals surface area contributed by atoms with E-state index in [1.54, 1.807) is 6.08 Å². The zero-order chi connectivity index (χ0) is 18.8. The van der Waals surface area contributed by atoms with Crippen LogP contribution in [0.3, 0.4) is 0 Å². The second-order valence-corrected chi connectivity index (χ2v) is 7.21. The number of non-ortho nitro benzene ring substituents is 1. The number of rotatable bonds is 4. The standard InChI is InChI=1S/C18H14N2O4S2/c1-11-3-5-13(6-4-11)19-17(21)16(26-18(19)25)10-12-9-14(20(22)23)7-8-15(12)24-2/h3-10H,1-2H3/b16-10-. The van der Waals surface area contributed by atoms with Crippen molar-refractivity contribution in [1.82, 2.24) is 0 Å². The minimum Gasteiger partial charge on any atom is -0.496 e. The molecule has 1 fully saturated rings. The molecule has 1 heterocycles. The van der Waals surface area contributed by atoms with Gasteiger partial charge in [-0.05, 0) is 31.2 Å². The first-order chi connectivity index (χ1) is 12.4. The summed E-state index contributed by atoms with van der Waals surface area (Å²) in [6.07, 6.45) is 1.57. The van der Waals surface area contributed by atoms with Crippen molar-refractivity contribution in [1.29, 1.82) is 0 Å². The Morgan fingerprint density at radius 2 is 1.92 bits per heavy atom. The van der Waals surface area contributed by atoms with Crippen LogP contribution >= 0.6 is 24.0 Å². The van der Waals surface area contributed by atoms with E-state index in [-0.39, 0.29) is 11.6 Å². The van der Waals surface area contributed by atoms with Crippen molar-refractivity contribution in [2.45, 2.75) is 6.92 Å². The summed E-state index contributed by atoms with van der Waals surface area (Å²) in [7, 11) is 1.47. The number of carbonyl (C=O) groups is 1. The summed E-state index contributed by atoms with van der Waals surface area (Å²) in [5, 5.41) is 11.0. The number of nitro groups is 1. The summed E-state index contributed by atoms with van der Waals surface area (Å²) in [6.45, 7) is 1.96. The first-order valence-electron chi connectivity index (χ1n) is 7.58. The van der Waals surface area contributed by atoms with Gasteiger partial charge in [0.25, 0.3) is 11.6 Å². The number of carbonyl (C=O) groups excluding carboxylic acids is 1. The van der Waals surface area contributed by atoms with Crippen molar-refractivity contribution in [3.8, 4) is 5.75 Å². The van der Waals surface area contributed by atoms with Gasteiger partial charge in [-0.3, -0.25) is 19.8 Å². The highest BCUT2D eigenvalue weighted by Gasteiger charge is 2.33. The Kier molecular flexibility index (Phi) is 5.06. The Labute approximate surface area is 159 Å². The number of methoxy groups -OCH3 is 1. The van der Waals surface area contributed by atoms with Crippen molar-refractivity contribution >= 4 is 51.7 Å². The molecule has 1 amide bonds. The molecule has 0 atom stereocenters. The number of ether oxygens (including phenoxy) is 1. The van der Waals surface area contributed by atoms with Crippen LogP contribution in [0.2, 0.25) is 0 Å². The van der Waals surface area contributed by atoms with Gasteiger partial charge in [-0.1, -0.05) is 41.7 Å². The van der Waals surface area contributed by atoms with Gasteiger partial charge in [-0.2, -0.15) is 0 Å². The number of hydrogen-bond donors (Lipinski definition) is 0. The van der Waals surface area contributed by atoms with Gasteiger partial charge in [0.15, 0.2) is 4.32 Å². The molecular formula is C18H14N2O4S2. The van der Waals surface area contributed by atoms with E-state index in [0.29, 0.717) is 26.2 Å². The van der Waals surface area contributed by atoms with Crippen molar-refractivity contribution in [2.24, 2.45) is 0 Å². The molecule has 2 aromatic rings. The summed E-state index contributed by atoms with van der Waals surface area (Å²) in [5.74, 6) is 0.175. The monoisotopic (exact) mass is 386 g/mol. The first kappa shape index (κ1) is 18.1. The fourth-order valence-corrected chi connectivity index (χ4v) is 3.76. The Morgan fingerprint density at radius 3 is 2.54 bits per heavy atom. The lowest BCUT2D eigenvalue weighted by atomic mass is 10.1. The summed E-state index contributed by atoms with van der Waals surface area (Å²) in [5.41, 5.74) is 2.14. The van der Waals surface area contributed by atoms with E-state index in [1.165, 1.54) is 30.2 Å². The number of benzene rings is 2. The fourth-order valence-electron chi connectivity index (χ4n) is 2.47. The average molecular weight is 386 g/mol. The minimum atomic E-state index is -0.492. The smallest absolute Gasteiger partial charge is 0.270 e. The number of nitrogens with zero attached hydrogens (tertiary/aromatic N) is 2. The fraction of sp³-hybridized carbons (Fsp3) is 0.111. The predicted molar refractivity (Wildman–Crippen MR) is 106 cm³/mol. The van der Waals surface area contributed by atoms with Gasteiger partial charge >= 0.3 is 0 Å². The zero-order valence-corrected chi connectivity index (χ0v) is 15.6. The zero-order valence-electron chi connectivity index (χ0n) is 14.0. The molecule has 0 aliphatic carbocycles. The minimum absolute atomic E-state index is 0.0777. The van der Waals surface area contributed by atoms with Crippen molar-refractivity contribution in [2.75, 3.05) is 12.0 Å². The molecule has 0 bridgehead atoms. The summed E-state index contributed by atoms with van der Waals surface area (Å²) < 4.78 is 5.65. The predicted octanol–water partition coefficient (Wildman–Crippen LogP) is 4.32. The van der Waals surface area contributed by atoms with E-state index in [0.717, 1.165) is 17.3 Å². The van der Waals surface area contributed by atoms with Crippen LogP contribution in [-0.2, 0) is 4.79 Å². The van der Waals surface area contributed by atoms with Crippen molar-refractivity contribution < 1.29 is 14.5 Å². The van der Waals surface area contributed by atoms with E-state index < -0.39 is 4.92 Å². The van der Waals surface area contributed by atoms with E-state index in [1.807, 2.05) is 31.2 Å². The van der Waals surface area contributed by atoms with Crippen LogP contribution in [0.15, 0.2) is 47.4 Å². The summed E-state index contributed by atoms with van der Waals surface area (Å²) in [4.78, 5) is 25.2. The van der Waals surface area contributed by atoms with Crippen molar-refractivity contribution in [3.05, 3.63) is 68.6 Å². The van der Waals surface area contributed by atoms with Crippen LogP contribution < -0.4 is 9.64 Å². The highest BCUT2D eigenvalue weighted by Crippen LogP contribution is 2.37. The number of thiocarbonyl (C=S) groups is 1. The van der Waals surface area contributed by atoms with Crippen LogP contribution in [-0.4, -0.2) is 22.3 Å². The molecule has 26 heavy (non-hydrogen) atoms. The second kappa shape index (κ2) is 7.27. The molecule has 3 rings (SSSR count). The lowest BCUT2D eigenvalue weighted by Crippen LogP contribution is -2.27. The van der Waals surface area contributed by atoms with E-state index >= 15 is 0 Å². The number of amides is 1. The molecule has 0 spiro atoms. The van der Waals surface area contributed by atoms with Crippen LogP contribution in [0, 0.1) is 17.0 Å². The third kappa shape index (κ3) is 3.47. The topological polar surface area (TPSA) is 72.7 Å². The molecule has 0 radical (unpaired) electrons. The van der Waals surface area contributed by atoms with Crippen LogP contribution in [0.5, 0.6) is 5.75 Å². The molecule has 1 aliphatic rings. The number of thioether (sulfide) groups is 1. The van der Waals surface area contributed by atoms with Gasteiger partial charge in [0.1, 0.15) is 5.75 Å². The summed E-state index contributed by atoms with van der Waals surface area (Å²) in [6, 6.07) is 11.7. The maximum Gasteiger partial charge on any atom is 0.270 e. The number of aryl methyl sites for hydroxylation is 1. The molecule has 0 N–H and O–H groups in total. The van der Waals surface area contributed by atoms with Gasteiger partial charge in [0.05, 0.1) is 22.6 Å². The van der Waals surface area contributed by atoms with E-state index in [4.69, 9.17) is 17.0 Å². The highest BCUT2D eigenvalue weighted by molar-refractivity contribution is 8.27. The SMILES string of the molecule is COc1ccc([N+](=O)[O-])cc1/C=C1\SC(=S)N(c2ccc(C)cc2)C1=O. The van der Waals surface area contributed by atoms with E-state index in [2.05, 4.69) is 0 Å². The Morgan fingerprint density at radius 1 is 1.23 bits per heavy atom. The van der Waals surface area contributed by atoms with Gasteiger partial charge in [0, 0.05) is 17.7 Å². The average Bonchev–Trinajstić information content (AvgIpc) is 2.89. The molecule has 6 nitrogen and oxygen atoms in total. The molecule has 1 saturated heterocycles. The van der Waals surface area contributed by atoms with Gasteiger partial charge in [-0.25, -0.2) is 0 Å². The van der Waals surface area contributed by atoms with Crippen LogP contribution in [0.1, 0.15) is 11.1 Å². The molecule has 1 aliphatic heterocycles. The maximum absolute atomic E-state index is 12.8. The Bertz CT molecular complexity index is 939. The van der Waals surface area contributed by atoms with Gasteiger partial charge in [0.2, 0.25) is 0 Å². The molecule has 132 valence electrons. The molecule has 8 heteroatoms. The Hall–Kier alpha value is -2.71. The number of nitro benzene ring substituents is 1. The molecule has 0 aromatic heterocycles. The van der Waals surface area contributed by atoms with Gasteiger partial charge in [-0.15, -0.1) is 0 Å². The number of anilines is 1. The highest BCUT2D eigenvalue weighted by atomic mass is 32.2. The number of hydrogen-bond acceptors (Lipinski definition) is 6. The normalized spacial score (nSPS) is 15.6. The molecular weight excluding hydrogens is 372 g/mol. The van der Waals surface area contributed by atoms with Crippen LogP contribution in [0.4, 0.5) is 11.4 Å². The largest absolute Gasteiger partial charge is 0.496 e. The lowest BCUT2D eigenvalue weighted by molar-refractivity contribution is -0.384. The molecule has 0 unspecified atom stereocenters. The van der Waals surface area contributed by atoms with Crippen LogP contribution in [0.25, 0.3) is 6.08 Å². The van der Waals surface area contributed by atoms with Gasteiger partial charge < -0.3 is 4.74 Å². The Balaban J connectivity index is 1.99. The quantitative estimate of drug-likeness (QED) is 0.337. The summed E-state index contributed by atoms with van der Waals surface area (Å²) >= 11 is 6.49. The third-order valence-electron chi connectivity index (χ3n) is 3.80. The van der Waals surface area contributed by atoms with Crippen molar-refractivity contribution in [3.63, 3.8) is 0 Å². The van der Waals surface area contributed by atoms with E-state index in [9.17, 15) is 14.9 Å². The third-order valence-corrected chi connectivity index (χ3v) is 5.10. The maximum atomic E-state index is 12.8. The molecule has 0 saturated carbocycles.